The molecule has 8 heteroatoms. The number of aromatic nitrogens is 2. The second kappa shape index (κ2) is 7.49. The molecule has 124 valence electrons. The Kier molecular flexibility index (Phi) is 4.95. The zero-order valence-electron chi connectivity index (χ0n) is 13.0. The fraction of sp³-hybridized carbons (Fsp3) is 0.312. The van der Waals surface area contributed by atoms with Crippen molar-refractivity contribution in [2.24, 2.45) is 5.10 Å². The number of rotatable bonds is 6. The van der Waals surface area contributed by atoms with Crippen molar-refractivity contribution in [3.05, 3.63) is 36.2 Å². The quantitative estimate of drug-likeness (QED) is 0.833. The van der Waals surface area contributed by atoms with E-state index in [1.807, 2.05) is 30.3 Å². The van der Waals surface area contributed by atoms with E-state index in [2.05, 4.69) is 26.0 Å². The summed E-state index contributed by atoms with van der Waals surface area (Å²) in [5.74, 6) is 0.631. The van der Waals surface area contributed by atoms with Crippen LogP contribution >= 0.6 is 0 Å². The van der Waals surface area contributed by atoms with Gasteiger partial charge in [0.05, 0.1) is 6.54 Å². The van der Waals surface area contributed by atoms with Gasteiger partial charge in [0.1, 0.15) is 0 Å². The number of carbonyl (C=O) groups is 2. The van der Waals surface area contributed by atoms with E-state index in [-0.39, 0.29) is 18.4 Å². The highest BCUT2D eigenvalue weighted by molar-refractivity contribution is 5.94. The van der Waals surface area contributed by atoms with Crippen molar-refractivity contribution in [1.29, 1.82) is 0 Å². The highest BCUT2D eigenvalue weighted by Crippen LogP contribution is 2.15. The van der Waals surface area contributed by atoms with E-state index in [1.54, 1.807) is 0 Å². The van der Waals surface area contributed by atoms with Gasteiger partial charge >= 0.3 is 0 Å². The maximum Gasteiger partial charge on any atom is 0.257 e. The first-order valence-corrected chi connectivity index (χ1v) is 7.69. The highest BCUT2D eigenvalue weighted by atomic mass is 16.5. The first-order chi connectivity index (χ1) is 11.7. The third-order valence-corrected chi connectivity index (χ3v) is 3.55. The van der Waals surface area contributed by atoms with Gasteiger partial charge in [0, 0.05) is 24.1 Å². The largest absolute Gasteiger partial charge is 0.349 e. The number of nitrogens with one attached hydrogen (secondary N) is 2. The minimum Gasteiger partial charge on any atom is -0.349 e. The fourth-order valence-corrected chi connectivity index (χ4v) is 2.24. The van der Waals surface area contributed by atoms with E-state index < -0.39 is 0 Å². The lowest BCUT2D eigenvalue weighted by Gasteiger charge is -2.11. The molecule has 0 spiro atoms. The Bertz CT molecular complexity index is 754. The molecule has 0 unspecified atom stereocenters. The molecule has 0 radical (unpaired) electrons. The molecule has 2 N–H and O–H groups in total. The molecule has 0 fully saturated rings. The molecule has 0 saturated heterocycles. The van der Waals surface area contributed by atoms with E-state index in [4.69, 9.17) is 4.52 Å². The van der Waals surface area contributed by atoms with Crippen molar-refractivity contribution < 1.29 is 14.1 Å². The molecule has 0 aliphatic carbocycles. The smallest absolute Gasteiger partial charge is 0.257 e. The Labute approximate surface area is 138 Å². The van der Waals surface area contributed by atoms with Crippen LogP contribution in [0.4, 0.5) is 0 Å². The highest BCUT2D eigenvalue weighted by Gasteiger charge is 2.13. The van der Waals surface area contributed by atoms with Crippen molar-refractivity contribution in [1.82, 2.24) is 20.9 Å². The zero-order chi connectivity index (χ0) is 16.8. The predicted octanol–water partition coefficient (Wildman–Crippen LogP) is 1.40. The van der Waals surface area contributed by atoms with E-state index in [9.17, 15) is 9.59 Å². The summed E-state index contributed by atoms with van der Waals surface area (Å²) in [6, 6.07) is 9.43. The molecular formula is C16H17N5O3. The Morgan fingerprint density at radius 3 is 2.83 bits per heavy atom. The van der Waals surface area contributed by atoms with Crippen LogP contribution in [0.5, 0.6) is 0 Å². The molecule has 0 bridgehead atoms. The van der Waals surface area contributed by atoms with Crippen LogP contribution in [-0.4, -0.2) is 27.7 Å². The zero-order valence-corrected chi connectivity index (χ0v) is 13.0. The van der Waals surface area contributed by atoms with Crippen molar-refractivity contribution in [3.8, 4) is 11.5 Å². The summed E-state index contributed by atoms with van der Waals surface area (Å²) in [6.45, 7) is 0.207. The summed E-state index contributed by atoms with van der Waals surface area (Å²) in [5.41, 5.74) is 4.08. The van der Waals surface area contributed by atoms with E-state index in [1.165, 1.54) is 0 Å². The fourth-order valence-electron chi connectivity index (χ4n) is 2.24. The van der Waals surface area contributed by atoms with Gasteiger partial charge in [-0.1, -0.05) is 23.4 Å². The van der Waals surface area contributed by atoms with Crippen LogP contribution in [-0.2, 0) is 16.1 Å². The SMILES string of the molecule is O=C(CCC1=NNC(=O)CC1)NCc1noc(-c2ccccc2)n1. The van der Waals surface area contributed by atoms with Gasteiger partial charge in [-0.3, -0.25) is 9.59 Å². The third-order valence-electron chi connectivity index (χ3n) is 3.55. The van der Waals surface area contributed by atoms with Gasteiger partial charge in [-0.05, 0) is 25.0 Å². The van der Waals surface area contributed by atoms with Gasteiger partial charge in [-0.2, -0.15) is 10.1 Å². The Balaban J connectivity index is 1.45. The van der Waals surface area contributed by atoms with Gasteiger partial charge in [-0.25, -0.2) is 5.43 Å². The normalized spacial score (nSPS) is 14.0. The molecule has 1 aromatic heterocycles. The van der Waals surface area contributed by atoms with Crippen LogP contribution in [0.1, 0.15) is 31.5 Å². The molecule has 1 aliphatic rings. The van der Waals surface area contributed by atoms with Crippen molar-refractivity contribution in [2.75, 3.05) is 0 Å². The lowest BCUT2D eigenvalue weighted by atomic mass is 10.1. The molecule has 2 heterocycles. The molecule has 8 nitrogen and oxygen atoms in total. The summed E-state index contributed by atoms with van der Waals surface area (Å²) < 4.78 is 5.18. The monoisotopic (exact) mass is 327 g/mol. The molecule has 2 aromatic rings. The molecule has 0 atom stereocenters. The van der Waals surface area contributed by atoms with Crippen LogP contribution in [0.3, 0.4) is 0 Å². The molecule has 24 heavy (non-hydrogen) atoms. The summed E-state index contributed by atoms with van der Waals surface area (Å²) >= 11 is 0. The predicted molar refractivity (Wildman–Crippen MR) is 85.6 cm³/mol. The maximum atomic E-state index is 11.9. The Hall–Kier alpha value is -3.03. The van der Waals surface area contributed by atoms with Crippen LogP contribution in [0.2, 0.25) is 0 Å². The van der Waals surface area contributed by atoms with Gasteiger partial charge in [-0.15, -0.1) is 0 Å². The number of hydrazone groups is 1. The molecule has 0 saturated carbocycles. The average molecular weight is 327 g/mol. The van der Waals surface area contributed by atoms with Crippen LogP contribution in [0.15, 0.2) is 40.0 Å². The second-order valence-corrected chi connectivity index (χ2v) is 5.37. The van der Waals surface area contributed by atoms with Crippen LogP contribution in [0.25, 0.3) is 11.5 Å². The molecule has 1 aliphatic heterocycles. The summed E-state index contributed by atoms with van der Waals surface area (Å²) in [5, 5.41) is 10.5. The number of benzene rings is 1. The first-order valence-electron chi connectivity index (χ1n) is 7.69. The van der Waals surface area contributed by atoms with E-state index in [0.29, 0.717) is 37.4 Å². The van der Waals surface area contributed by atoms with Gasteiger partial charge in [0.25, 0.3) is 5.89 Å². The lowest BCUT2D eigenvalue weighted by molar-refractivity contribution is -0.121. The molecular weight excluding hydrogens is 310 g/mol. The van der Waals surface area contributed by atoms with Gasteiger partial charge < -0.3 is 9.84 Å². The van der Waals surface area contributed by atoms with Gasteiger partial charge in [0.2, 0.25) is 11.8 Å². The third kappa shape index (κ3) is 4.25. The van der Waals surface area contributed by atoms with Crippen molar-refractivity contribution in [3.63, 3.8) is 0 Å². The standard InChI is InChI=1S/C16H17N5O3/c22-14(8-6-12-7-9-15(23)20-19-12)17-10-13-18-16(24-21-13)11-4-2-1-3-5-11/h1-5H,6-10H2,(H,17,22)(H,20,23). The average Bonchev–Trinajstić information content (AvgIpc) is 3.09. The van der Waals surface area contributed by atoms with Crippen molar-refractivity contribution in [2.45, 2.75) is 32.2 Å². The number of carbonyl (C=O) groups excluding carboxylic acids is 2. The number of hydrogen-bond acceptors (Lipinski definition) is 6. The van der Waals surface area contributed by atoms with Crippen LogP contribution in [0, 0.1) is 0 Å². The molecule has 1 aromatic carbocycles. The molecule has 3 rings (SSSR count). The Morgan fingerprint density at radius 2 is 2.08 bits per heavy atom. The topological polar surface area (TPSA) is 109 Å². The summed E-state index contributed by atoms with van der Waals surface area (Å²) in [4.78, 5) is 27.1. The second-order valence-electron chi connectivity index (χ2n) is 5.37. The van der Waals surface area contributed by atoms with E-state index in [0.717, 1.165) is 11.3 Å². The number of nitrogens with zero attached hydrogens (tertiary/aromatic N) is 3. The maximum absolute atomic E-state index is 11.9. The van der Waals surface area contributed by atoms with Crippen molar-refractivity contribution >= 4 is 17.5 Å². The minimum atomic E-state index is -0.124. The lowest BCUT2D eigenvalue weighted by Crippen LogP contribution is -2.27. The Morgan fingerprint density at radius 1 is 1.25 bits per heavy atom. The summed E-state index contributed by atoms with van der Waals surface area (Å²) in [7, 11) is 0. The van der Waals surface area contributed by atoms with E-state index >= 15 is 0 Å². The summed E-state index contributed by atoms with van der Waals surface area (Å²) in [6.07, 6.45) is 1.85. The number of amides is 2. The number of hydrogen-bond donors (Lipinski definition) is 2. The molecule has 2 amide bonds. The van der Waals surface area contributed by atoms with Gasteiger partial charge in [0.15, 0.2) is 5.82 Å². The first kappa shape index (κ1) is 15.9. The van der Waals surface area contributed by atoms with Crippen LogP contribution < -0.4 is 10.7 Å². The minimum absolute atomic E-state index is 0.0884.